The van der Waals surface area contributed by atoms with Gasteiger partial charge in [0.15, 0.2) is 5.01 Å². The molecule has 0 aliphatic rings. The van der Waals surface area contributed by atoms with Gasteiger partial charge in [-0.1, -0.05) is 6.92 Å². The summed E-state index contributed by atoms with van der Waals surface area (Å²) in [6.45, 7) is 1.69. The van der Waals surface area contributed by atoms with Crippen LogP contribution in [0.2, 0.25) is 0 Å². The first-order chi connectivity index (χ1) is 5.95. The van der Waals surface area contributed by atoms with Gasteiger partial charge in [0, 0.05) is 6.20 Å². The van der Waals surface area contributed by atoms with Gasteiger partial charge in [0.05, 0.1) is 11.0 Å². The summed E-state index contributed by atoms with van der Waals surface area (Å²) >= 11 is 0.486. The summed E-state index contributed by atoms with van der Waals surface area (Å²) in [5, 5.41) is 8.30. The van der Waals surface area contributed by atoms with Crippen molar-refractivity contribution in [2.24, 2.45) is 0 Å². The highest BCUT2D eigenvalue weighted by Crippen LogP contribution is 2.34. The third kappa shape index (κ3) is 2.41. The molecule has 0 fully saturated rings. The molecule has 0 spiro atoms. The Bertz CT molecular complexity index is 284. The van der Waals surface area contributed by atoms with Crippen molar-refractivity contribution >= 4 is 11.3 Å². The fourth-order valence-corrected chi connectivity index (χ4v) is 1.63. The molecule has 1 unspecified atom stereocenters. The van der Waals surface area contributed by atoms with Gasteiger partial charge < -0.3 is 5.11 Å². The number of aromatic nitrogens is 1. The Morgan fingerprint density at radius 3 is 2.62 bits per heavy atom. The highest BCUT2D eigenvalue weighted by atomic mass is 32.1. The number of aliphatic hydroxyl groups is 1. The molecule has 0 bridgehead atoms. The van der Waals surface area contributed by atoms with Crippen LogP contribution in [-0.4, -0.2) is 10.1 Å². The Morgan fingerprint density at radius 1 is 1.62 bits per heavy atom. The number of hydrogen-bond acceptors (Lipinski definition) is 3. The van der Waals surface area contributed by atoms with Crippen molar-refractivity contribution in [3.05, 3.63) is 16.1 Å². The van der Waals surface area contributed by atoms with Crippen LogP contribution in [0.5, 0.6) is 0 Å². The summed E-state index contributed by atoms with van der Waals surface area (Å²) in [4.78, 5) is 3.45. The van der Waals surface area contributed by atoms with E-state index in [0.29, 0.717) is 17.8 Å². The fraction of sp³-hybridized carbons (Fsp3) is 0.571. The van der Waals surface area contributed by atoms with Gasteiger partial charge in [-0.25, -0.2) is 4.98 Å². The zero-order valence-corrected chi connectivity index (χ0v) is 7.61. The van der Waals surface area contributed by atoms with Gasteiger partial charge in [0.25, 0.3) is 0 Å². The molecule has 0 aromatic carbocycles. The van der Waals surface area contributed by atoms with Crippen LogP contribution in [0.25, 0.3) is 0 Å². The van der Waals surface area contributed by atoms with Gasteiger partial charge in [-0.2, -0.15) is 13.2 Å². The van der Waals surface area contributed by atoms with Gasteiger partial charge in [-0.3, -0.25) is 0 Å². The molecule has 1 N–H and O–H groups in total. The lowest BCUT2D eigenvalue weighted by Crippen LogP contribution is -2.02. The topological polar surface area (TPSA) is 33.1 Å². The third-order valence-electron chi connectivity index (χ3n) is 1.48. The van der Waals surface area contributed by atoms with E-state index in [9.17, 15) is 18.3 Å². The zero-order valence-electron chi connectivity index (χ0n) is 6.80. The van der Waals surface area contributed by atoms with Gasteiger partial charge in [0.2, 0.25) is 0 Å². The number of hydrogen-bond donors (Lipinski definition) is 1. The first-order valence-electron chi connectivity index (χ1n) is 3.66. The van der Waals surface area contributed by atoms with Crippen LogP contribution < -0.4 is 0 Å². The quantitative estimate of drug-likeness (QED) is 0.815. The highest BCUT2D eigenvalue weighted by molar-refractivity contribution is 7.11. The van der Waals surface area contributed by atoms with Crippen LogP contribution in [0.4, 0.5) is 13.2 Å². The summed E-state index contributed by atoms with van der Waals surface area (Å²) in [5.41, 5.74) is 0. The molecule has 0 saturated heterocycles. The third-order valence-corrected chi connectivity index (χ3v) is 2.62. The lowest BCUT2D eigenvalue weighted by Gasteiger charge is -2.02. The number of halogens is 3. The van der Waals surface area contributed by atoms with Crippen LogP contribution in [0.15, 0.2) is 6.20 Å². The molecule has 1 aromatic rings. The van der Waals surface area contributed by atoms with Crippen molar-refractivity contribution in [1.29, 1.82) is 0 Å². The first kappa shape index (κ1) is 10.5. The first-order valence-corrected chi connectivity index (χ1v) is 4.47. The molecule has 0 aliphatic heterocycles. The number of nitrogens with zero attached hydrogens (tertiary/aromatic N) is 1. The minimum Gasteiger partial charge on any atom is -0.388 e. The van der Waals surface area contributed by atoms with E-state index < -0.39 is 17.3 Å². The Morgan fingerprint density at radius 2 is 2.23 bits per heavy atom. The van der Waals surface area contributed by atoms with E-state index >= 15 is 0 Å². The Hall–Kier alpha value is -0.620. The van der Waals surface area contributed by atoms with Gasteiger partial charge in [-0.05, 0) is 6.42 Å². The molecular weight excluding hydrogens is 203 g/mol. The van der Waals surface area contributed by atoms with Crippen LogP contribution in [0.3, 0.4) is 0 Å². The summed E-state index contributed by atoms with van der Waals surface area (Å²) in [5.74, 6) is 0. The Balaban J connectivity index is 2.87. The van der Waals surface area contributed by atoms with E-state index in [1.54, 1.807) is 6.92 Å². The van der Waals surface area contributed by atoms with Crippen molar-refractivity contribution in [2.75, 3.05) is 0 Å². The van der Waals surface area contributed by atoms with Gasteiger partial charge in [0.1, 0.15) is 0 Å². The van der Waals surface area contributed by atoms with Crippen molar-refractivity contribution in [3.8, 4) is 0 Å². The number of alkyl halides is 3. The van der Waals surface area contributed by atoms with Crippen molar-refractivity contribution in [1.82, 2.24) is 4.98 Å². The van der Waals surface area contributed by atoms with E-state index in [1.807, 2.05) is 0 Å². The average Bonchev–Trinajstić information content (AvgIpc) is 2.50. The normalized spacial score (nSPS) is 14.5. The smallest absolute Gasteiger partial charge is 0.388 e. The minimum absolute atomic E-state index is 0.259. The Kier molecular flexibility index (Phi) is 2.92. The SMILES string of the molecule is CCC(O)c1cnc(C(F)(F)F)s1. The van der Waals surface area contributed by atoms with Gasteiger partial charge in [-0.15, -0.1) is 11.3 Å². The molecule has 1 rings (SSSR count). The van der Waals surface area contributed by atoms with Crippen molar-refractivity contribution in [2.45, 2.75) is 25.6 Å². The van der Waals surface area contributed by atoms with E-state index in [-0.39, 0.29) is 4.88 Å². The van der Waals surface area contributed by atoms with Crippen LogP contribution in [-0.2, 0) is 6.18 Å². The van der Waals surface area contributed by atoms with Crippen LogP contribution >= 0.6 is 11.3 Å². The van der Waals surface area contributed by atoms with Crippen LogP contribution in [0, 0.1) is 0 Å². The summed E-state index contributed by atoms with van der Waals surface area (Å²) in [6.07, 6.45) is -3.79. The molecular formula is C7H8F3NOS. The van der Waals surface area contributed by atoms with E-state index in [4.69, 9.17) is 0 Å². The second kappa shape index (κ2) is 3.63. The molecule has 74 valence electrons. The molecule has 2 nitrogen and oxygen atoms in total. The lowest BCUT2D eigenvalue weighted by atomic mass is 10.2. The molecule has 0 aliphatic carbocycles. The number of thiazole rings is 1. The largest absolute Gasteiger partial charge is 0.443 e. The lowest BCUT2D eigenvalue weighted by molar-refractivity contribution is -0.137. The second-order valence-corrected chi connectivity index (χ2v) is 3.55. The molecule has 0 radical (unpaired) electrons. The monoisotopic (exact) mass is 211 g/mol. The number of rotatable bonds is 2. The minimum atomic E-state index is -4.41. The predicted molar refractivity (Wildman–Crippen MR) is 42.4 cm³/mol. The molecule has 0 amide bonds. The Labute approximate surface area is 77.0 Å². The maximum Gasteiger partial charge on any atom is 0.443 e. The summed E-state index contributed by atoms with van der Waals surface area (Å²) in [7, 11) is 0. The summed E-state index contributed by atoms with van der Waals surface area (Å²) in [6, 6.07) is 0. The van der Waals surface area contributed by atoms with Crippen LogP contribution in [0.1, 0.15) is 29.3 Å². The number of aliphatic hydroxyl groups excluding tert-OH is 1. The molecule has 6 heteroatoms. The molecule has 1 atom stereocenters. The standard InChI is InChI=1S/C7H8F3NOS/c1-2-4(12)5-3-11-6(13-5)7(8,9)10/h3-4,12H,2H2,1H3. The highest BCUT2D eigenvalue weighted by Gasteiger charge is 2.34. The fourth-order valence-electron chi connectivity index (χ4n) is 0.773. The van der Waals surface area contributed by atoms with E-state index in [0.717, 1.165) is 6.20 Å². The average molecular weight is 211 g/mol. The second-order valence-electron chi connectivity index (χ2n) is 2.49. The molecule has 0 saturated carbocycles. The van der Waals surface area contributed by atoms with E-state index in [2.05, 4.69) is 4.98 Å². The maximum atomic E-state index is 12.0. The van der Waals surface area contributed by atoms with Crippen molar-refractivity contribution in [3.63, 3.8) is 0 Å². The summed E-state index contributed by atoms with van der Waals surface area (Å²) < 4.78 is 36.1. The molecule has 13 heavy (non-hydrogen) atoms. The van der Waals surface area contributed by atoms with E-state index in [1.165, 1.54) is 0 Å². The van der Waals surface area contributed by atoms with Gasteiger partial charge >= 0.3 is 6.18 Å². The molecule has 1 heterocycles. The predicted octanol–water partition coefficient (Wildman–Crippen LogP) is 2.61. The maximum absolute atomic E-state index is 12.0. The van der Waals surface area contributed by atoms with Crippen molar-refractivity contribution < 1.29 is 18.3 Å². The zero-order chi connectivity index (χ0) is 10.1. The molecule has 1 aromatic heterocycles.